The van der Waals surface area contributed by atoms with E-state index in [0.717, 1.165) is 5.56 Å². The van der Waals surface area contributed by atoms with Crippen molar-refractivity contribution in [3.8, 4) is 0 Å². The van der Waals surface area contributed by atoms with Crippen LogP contribution in [0.4, 0.5) is 0 Å². The zero-order valence-electron chi connectivity index (χ0n) is 11.4. The summed E-state index contributed by atoms with van der Waals surface area (Å²) in [6.07, 6.45) is 0.546. The van der Waals surface area contributed by atoms with Crippen molar-refractivity contribution in [2.75, 3.05) is 13.2 Å². The second kappa shape index (κ2) is 6.35. The summed E-state index contributed by atoms with van der Waals surface area (Å²) in [6.45, 7) is 6.06. The Labute approximate surface area is 123 Å². The van der Waals surface area contributed by atoms with Crippen molar-refractivity contribution in [3.63, 3.8) is 0 Å². The summed E-state index contributed by atoms with van der Waals surface area (Å²) >= 11 is 3.27. The number of aliphatic hydroxyl groups is 1. The minimum absolute atomic E-state index is 0.0446. The van der Waals surface area contributed by atoms with Crippen molar-refractivity contribution in [1.29, 1.82) is 0 Å². The average Bonchev–Trinajstić information content (AvgIpc) is 2.26. The second-order valence-corrected chi connectivity index (χ2v) is 7.99. The molecule has 0 unspecified atom stereocenters. The minimum atomic E-state index is -3.54. The first kappa shape index (κ1) is 16.6. The number of benzene rings is 1. The maximum absolute atomic E-state index is 12.2. The van der Waals surface area contributed by atoms with E-state index < -0.39 is 10.0 Å². The number of hydrogen-bond donors (Lipinski definition) is 2. The van der Waals surface area contributed by atoms with E-state index in [1.54, 1.807) is 18.2 Å². The van der Waals surface area contributed by atoms with Gasteiger partial charge in [-0.2, -0.15) is 0 Å². The third-order valence-corrected chi connectivity index (χ3v) is 5.28. The highest BCUT2D eigenvalue weighted by molar-refractivity contribution is 9.10. The summed E-state index contributed by atoms with van der Waals surface area (Å²) in [7, 11) is -3.54. The third kappa shape index (κ3) is 4.87. The van der Waals surface area contributed by atoms with E-state index in [2.05, 4.69) is 20.7 Å². The summed E-state index contributed by atoms with van der Waals surface area (Å²) in [5, 5.41) is 8.94. The van der Waals surface area contributed by atoms with Crippen LogP contribution in [0.3, 0.4) is 0 Å². The molecule has 19 heavy (non-hydrogen) atoms. The first-order valence-electron chi connectivity index (χ1n) is 6.05. The molecule has 1 rings (SSSR count). The van der Waals surface area contributed by atoms with Gasteiger partial charge in [0.2, 0.25) is 10.0 Å². The van der Waals surface area contributed by atoms with E-state index in [1.807, 2.05) is 20.8 Å². The largest absolute Gasteiger partial charge is 0.396 e. The van der Waals surface area contributed by atoms with Gasteiger partial charge < -0.3 is 5.11 Å². The number of aliphatic hydroxyl groups excluding tert-OH is 1. The first-order valence-corrected chi connectivity index (χ1v) is 8.32. The van der Waals surface area contributed by atoms with Gasteiger partial charge >= 0.3 is 0 Å². The molecule has 0 atom stereocenters. The van der Waals surface area contributed by atoms with E-state index in [9.17, 15) is 8.42 Å². The Morgan fingerprint density at radius 3 is 2.53 bits per heavy atom. The molecule has 0 fully saturated rings. The van der Waals surface area contributed by atoms with Crippen LogP contribution in [0.15, 0.2) is 27.6 Å². The van der Waals surface area contributed by atoms with Crippen LogP contribution in [0.1, 0.15) is 25.8 Å². The minimum Gasteiger partial charge on any atom is -0.396 e. The number of halogens is 1. The Morgan fingerprint density at radius 1 is 1.37 bits per heavy atom. The predicted octanol–water partition coefficient (Wildman–Crippen LogP) is 2.44. The molecule has 4 nitrogen and oxygen atoms in total. The molecule has 0 aliphatic heterocycles. The molecule has 0 saturated heterocycles. The van der Waals surface area contributed by atoms with Gasteiger partial charge in [0.1, 0.15) is 0 Å². The summed E-state index contributed by atoms with van der Waals surface area (Å²) in [5.74, 6) is 0. The molecule has 0 spiro atoms. The molecule has 0 bridgehead atoms. The normalized spacial score (nSPS) is 12.7. The molecule has 0 aliphatic carbocycles. The molecule has 1 aromatic carbocycles. The SMILES string of the molecule is Cc1ccc(S(=O)(=O)NCC(C)(C)CCO)c(Br)c1. The van der Waals surface area contributed by atoms with Crippen LogP contribution in [0, 0.1) is 12.3 Å². The van der Waals surface area contributed by atoms with Gasteiger partial charge in [-0.25, -0.2) is 13.1 Å². The van der Waals surface area contributed by atoms with Gasteiger partial charge in [0.15, 0.2) is 0 Å². The van der Waals surface area contributed by atoms with E-state index in [0.29, 0.717) is 10.9 Å². The van der Waals surface area contributed by atoms with Gasteiger partial charge in [0.25, 0.3) is 0 Å². The van der Waals surface area contributed by atoms with E-state index in [1.165, 1.54) is 0 Å². The van der Waals surface area contributed by atoms with Crippen LogP contribution in [-0.4, -0.2) is 26.7 Å². The van der Waals surface area contributed by atoms with Gasteiger partial charge in [-0.05, 0) is 52.4 Å². The molecule has 6 heteroatoms. The second-order valence-electron chi connectivity index (χ2n) is 5.40. The molecule has 0 saturated carbocycles. The molecule has 108 valence electrons. The fourth-order valence-electron chi connectivity index (χ4n) is 1.58. The van der Waals surface area contributed by atoms with Gasteiger partial charge in [0, 0.05) is 17.6 Å². The Morgan fingerprint density at radius 2 is 2.00 bits per heavy atom. The molecule has 0 aliphatic rings. The molecular weight excluding hydrogens is 330 g/mol. The number of rotatable bonds is 6. The number of sulfonamides is 1. The molecule has 1 aromatic rings. The van der Waals surface area contributed by atoms with E-state index in [4.69, 9.17) is 5.11 Å². The fraction of sp³-hybridized carbons (Fsp3) is 0.538. The highest BCUT2D eigenvalue weighted by atomic mass is 79.9. The zero-order chi connectivity index (χ0) is 14.7. The molecule has 0 radical (unpaired) electrons. The number of hydrogen-bond acceptors (Lipinski definition) is 3. The highest BCUT2D eigenvalue weighted by Gasteiger charge is 2.23. The molecule has 0 aromatic heterocycles. The topological polar surface area (TPSA) is 66.4 Å². The van der Waals surface area contributed by atoms with Crippen molar-refractivity contribution in [3.05, 3.63) is 28.2 Å². The summed E-state index contributed by atoms with van der Waals surface area (Å²) in [4.78, 5) is 0.234. The van der Waals surface area contributed by atoms with Crippen LogP contribution < -0.4 is 4.72 Å². The van der Waals surface area contributed by atoms with Crippen LogP contribution >= 0.6 is 15.9 Å². The monoisotopic (exact) mass is 349 g/mol. The number of nitrogens with one attached hydrogen (secondary N) is 1. The molecule has 0 heterocycles. The lowest BCUT2D eigenvalue weighted by Crippen LogP contribution is -2.34. The lowest BCUT2D eigenvalue weighted by molar-refractivity contribution is 0.213. The maximum Gasteiger partial charge on any atom is 0.241 e. The Bertz CT molecular complexity index is 541. The van der Waals surface area contributed by atoms with Crippen LogP contribution in [0.5, 0.6) is 0 Å². The lowest BCUT2D eigenvalue weighted by atomic mass is 9.90. The standard InChI is InChI=1S/C13H20BrNO3S/c1-10-4-5-12(11(14)8-10)19(17,18)15-9-13(2,3)6-7-16/h4-5,8,15-16H,6-7,9H2,1-3H3. The van der Waals surface area contributed by atoms with Crippen LogP contribution in [0.2, 0.25) is 0 Å². The first-order chi connectivity index (χ1) is 8.68. The third-order valence-electron chi connectivity index (χ3n) is 2.91. The quantitative estimate of drug-likeness (QED) is 0.828. The van der Waals surface area contributed by atoms with Crippen molar-refractivity contribution in [1.82, 2.24) is 4.72 Å². The Balaban J connectivity index is 2.87. The summed E-state index contributed by atoms with van der Waals surface area (Å²) in [5.41, 5.74) is 0.713. The van der Waals surface area contributed by atoms with Crippen molar-refractivity contribution < 1.29 is 13.5 Å². The van der Waals surface area contributed by atoms with Crippen molar-refractivity contribution in [2.45, 2.75) is 32.1 Å². The summed E-state index contributed by atoms with van der Waals surface area (Å²) in [6, 6.07) is 5.12. The van der Waals surface area contributed by atoms with Crippen LogP contribution in [0.25, 0.3) is 0 Å². The Kier molecular flexibility index (Phi) is 5.55. The van der Waals surface area contributed by atoms with Gasteiger partial charge in [-0.15, -0.1) is 0 Å². The number of aryl methyl sites for hydroxylation is 1. The predicted molar refractivity (Wildman–Crippen MR) is 79.6 cm³/mol. The van der Waals surface area contributed by atoms with E-state index >= 15 is 0 Å². The molecule has 0 amide bonds. The van der Waals surface area contributed by atoms with Gasteiger partial charge in [-0.3, -0.25) is 0 Å². The summed E-state index contributed by atoms with van der Waals surface area (Å²) < 4.78 is 27.6. The molecular formula is C13H20BrNO3S. The zero-order valence-corrected chi connectivity index (χ0v) is 13.8. The smallest absolute Gasteiger partial charge is 0.241 e. The molecule has 2 N–H and O–H groups in total. The van der Waals surface area contributed by atoms with Crippen molar-refractivity contribution >= 4 is 26.0 Å². The van der Waals surface area contributed by atoms with Gasteiger partial charge in [0.05, 0.1) is 4.90 Å². The lowest BCUT2D eigenvalue weighted by Gasteiger charge is -2.23. The Hall–Kier alpha value is -0.430. The maximum atomic E-state index is 12.2. The van der Waals surface area contributed by atoms with Crippen LogP contribution in [-0.2, 0) is 10.0 Å². The van der Waals surface area contributed by atoms with E-state index in [-0.39, 0.29) is 23.5 Å². The highest BCUT2D eigenvalue weighted by Crippen LogP contribution is 2.24. The van der Waals surface area contributed by atoms with Crippen molar-refractivity contribution in [2.24, 2.45) is 5.41 Å². The van der Waals surface area contributed by atoms with Gasteiger partial charge in [-0.1, -0.05) is 19.9 Å². The fourth-order valence-corrected chi connectivity index (χ4v) is 4.01. The average molecular weight is 350 g/mol.